The van der Waals surface area contributed by atoms with Crippen LogP contribution in [0.5, 0.6) is 0 Å². The van der Waals surface area contributed by atoms with Gasteiger partial charge in [0.25, 0.3) is 10.1 Å². The number of hydrogen-bond acceptors (Lipinski definition) is 5. The normalized spacial score (nSPS) is 29.9. The van der Waals surface area contributed by atoms with Gasteiger partial charge in [0, 0.05) is 0 Å². The molecule has 0 unspecified atom stereocenters. The summed E-state index contributed by atoms with van der Waals surface area (Å²) in [5, 5.41) is 0. The van der Waals surface area contributed by atoms with Crippen molar-refractivity contribution >= 4 is 16.1 Å². The summed E-state index contributed by atoms with van der Waals surface area (Å²) in [5.74, 6) is -0.0569. The summed E-state index contributed by atoms with van der Waals surface area (Å²) < 4.78 is 30.6. The van der Waals surface area contributed by atoms with Gasteiger partial charge in [0.2, 0.25) is 0 Å². The number of carbonyl (C=O) groups is 1. The molecule has 2 atom stereocenters. The van der Waals surface area contributed by atoms with Crippen LogP contribution in [0.2, 0.25) is 0 Å². The minimum absolute atomic E-state index is 0.135. The molecule has 88 valence electrons. The molecule has 0 radical (unpaired) electrons. The summed E-state index contributed by atoms with van der Waals surface area (Å²) in [4.78, 5) is 11.3. The maximum absolute atomic E-state index is 11.3. The lowest BCUT2D eigenvalue weighted by atomic mass is 10.1. The van der Waals surface area contributed by atoms with Crippen molar-refractivity contribution in [3.05, 3.63) is 0 Å². The highest BCUT2D eigenvalue weighted by atomic mass is 32.2. The van der Waals surface area contributed by atoms with Crippen molar-refractivity contribution in [3.63, 3.8) is 0 Å². The summed E-state index contributed by atoms with van der Waals surface area (Å²) >= 11 is 0. The second-order valence-electron chi connectivity index (χ2n) is 4.12. The second kappa shape index (κ2) is 4.09. The minimum atomic E-state index is -3.37. The van der Waals surface area contributed by atoms with Crippen molar-refractivity contribution in [1.29, 1.82) is 0 Å². The smallest absolute Gasteiger partial charge is 0.311 e. The fourth-order valence-electron chi connectivity index (χ4n) is 1.70. The van der Waals surface area contributed by atoms with Gasteiger partial charge < -0.3 is 4.74 Å². The van der Waals surface area contributed by atoms with E-state index >= 15 is 0 Å². The summed E-state index contributed by atoms with van der Waals surface area (Å²) in [6.45, 7) is 1.96. The predicted molar refractivity (Wildman–Crippen MR) is 53.6 cm³/mol. The van der Waals surface area contributed by atoms with Crippen LogP contribution in [-0.4, -0.2) is 34.4 Å². The highest BCUT2D eigenvalue weighted by molar-refractivity contribution is 7.85. The lowest BCUT2D eigenvalue weighted by Crippen LogP contribution is -2.17. The van der Waals surface area contributed by atoms with E-state index in [0.29, 0.717) is 6.42 Å². The van der Waals surface area contributed by atoms with Crippen LogP contribution in [0, 0.1) is 11.3 Å². The first-order valence-electron chi connectivity index (χ1n) is 4.72. The van der Waals surface area contributed by atoms with Crippen molar-refractivity contribution in [3.8, 4) is 0 Å². The zero-order valence-corrected chi connectivity index (χ0v) is 9.96. The standard InChI is InChI=1S/C9H16O5S/c1-9(8(10)13-2)6-7(9)4-5-14-15(3,11)12/h7H,4-6H2,1-3H3/t7-,9+/m1/s1. The zero-order chi connectivity index (χ0) is 11.7. The van der Waals surface area contributed by atoms with Crippen molar-refractivity contribution in [2.45, 2.75) is 19.8 Å². The molecule has 1 aliphatic rings. The SMILES string of the molecule is COC(=O)[C@@]1(C)C[C@H]1CCOS(C)(=O)=O. The van der Waals surface area contributed by atoms with Crippen molar-refractivity contribution in [1.82, 2.24) is 0 Å². The molecule has 1 aliphatic carbocycles. The molecule has 0 saturated heterocycles. The van der Waals surface area contributed by atoms with Gasteiger partial charge in [-0.25, -0.2) is 0 Å². The fraction of sp³-hybridized carbons (Fsp3) is 0.889. The Labute approximate surface area is 89.9 Å². The Kier molecular flexibility index (Phi) is 3.40. The predicted octanol–water partition coefficient (Wildman–Crippen LogP) is 0.552. The molecule has 0 aromatic carbocycles. The number of hydrogen-bond donors (Lipinski definition) is 0. The molecule has 0 aromatic rings. The third-order valence-corrected chi connectivity index (χ3v) is 3.42. The molecule has 0 N–H and O–H groups in total. The van der Waals surface area contributed by atoms with Crippen molar-refractivity contribution in [2.24, 2.45) is 11.3 Å². The first-order valence-corrected chi connectivity index (χ1v) is 6.54. The molecule has 0 aliphatic heterocycles. The number of ether oxygens (including phenoxy) is 1. The van der Waals surface area contributed by atoms with E-state index < -0.39 is 15.5 Å². The molecule has 0 heterocycles. The van der Waals surface area contributed by atoms with Gasteiger partial charge >= 0.3 is 5.97 Å². The molecule has 1 saturated carbocycles. The molecule has 1 fully saturated rings. The molecule has 0 aromatic heterocycles. The second-order valence-corrected chi connectivity index (χ2v) is 5.77. The number of rotatable bonds is 5. The quantitative estimate of drug-likeness (QED) is 0.515. The van der Waals surface area contributed by atoms with E-state index in [0.717, 1.165) is 12.7 Å². The molecule has 1 rings (SSSR count). The summed E-state index contributed by atoms with van der Waals surface area (Å²) in [5.41, 5.74) is -0.435. The third kappa shape index (κ3) is 3.17. The number of methoxy groups -OCH3 is 1. The molecule has 0 bridgehead atoms. The van der Waals surface area contributed by atoms with E-state index in [1.807, 2.05) is 6.92 Å². The maximum Gasteiger partial charge on any atom is 0.311 e. The van der Waals surface area contributed by atoms with Crippen LogP contribution < -0.4 is 0 Å². The number of esters is 1. The van der Waals surface area contributed by atoms with Crippen LogP contribution in [0.4, 0.5) is 0 Å². The monoisotopic (exact) mass is 236 g/mol. The third-order valence-electron chi connectivity index (χ3n) is 2.83. The van der Waals surface area contributed by atoms with Crippen LogP contribution in [0.15, 0.2) is 0 Å². The largest absolute Gasteiger partial charge is 0.469 e. The Hall–Kier alpha value is -0.620. The van der Waals surface area contributed by atoms with E-state index in [1.54, 1.807) is 0 Å². The summed E-state index contributed by atoms with van der Waals surface area (Å²) in [7, 11) is -2.01. The Morgan fingerprint density at radius 3 is 2.60 bits per heavy atom. The van der Waals surface area contributed by atoms with E-state index in [1.165, 1.54) is 7.11 Å². The Morgan fingerprint density at radius 1 is 1.53 bits per heavy atom. The Balaban J connectivity index is 2.31. The highest BCUT2D eigenvalue weighted by Gasteiger charge is 2.56. The van der Waals surface area contributed by atoms with Gasteiger partial charge in [0.15, 0.2) is 0 Å². The highest BCUT2D eigenvalue weighted by Crippen LogP contribution is 2.54. The molecule has 5 nitrogen and oxygen atoms in total. The molecule has 15 heavy (non-hydrogen) atoms. The Morgan fingerprint density at radius 2 is 2.13 bits per heavy atom. The van der Waals surface area contributed by atoms with E-state index in [4.69, 9.17) is 0 Å². The van der Waals surface area contributed by atoms with Crippen LogP contribution in [0.1, 0.15) is 19.8 Å². The molecular weight excluding hydrogens is 220 g/mol. The van der Waals surface area contributed by atoms with Crippen LogP contribution in [0.25, 0.3) is 0 Å². The number of carbonyl (C=O) groups excluding carboxylic acids is 1. The van der Waals surface area contributed by atoms with Crippen LogP contribution >= 0.6 is 0 Å². The first kappa shape index (κ1) is 12.4. The van der Waals surface area contributed by atoms with Gasteiger partial charge in [-0.3, -0.25) is 8.98 Å². The average Bonchev–Trinajstić information content (AvgIpc) is 2.75. The van der Waals surface area contributed by atoms with Gasteiger partial charge in [-0.1, -0.05) is 0 Å². The molecule has 0 spiro atoms. The van der Waals surface area contributed by atoms with Crippen molar-refractivity contribution in [2.75, 3.05) is 20.0 Å². The minimum Gasteiger partial charge on any atom is -0.469 e. The molecular formula is C9H16O5S. The van der Waals surface area contributed by atoms with Gasteiger partial charge in [0.05, 0.1) is 25.4 Å². The Bertz CT molecular complexity index is 348. The summed E-state index contributed by atoms with van der Waals surface area (Å²) in [6, 6.07) is 0. The molecule has 6 heteroatoms. The lowest BCUT2D eigenvalue weighted by Gasteiger charge is -2.07. The van der Waals surface area contributed by atoms with Gasteiger partial charge in [-0.15, -0.1) is 0 Å². The van der Waals surface area contributed by atoms with Crippen molar-refractivity contribution < 1.29 is 22.1 Å². The first-order chi connectivity index (χ1) is 6.79. The van der Waals surface area contributed by atoms with Gasteiger partial charge in [-0.2, -0.15) is 8.42 Å². The van der Waals surface area contributed by atoms with Gasteiger partial charge in [-0.05, 0) is 25.7 Å². The fourth-order valence-corrected chi connectivity index (χ4v) is 2.10. The topological polar surface area (TPSA) is 69.7 Å². The van der Waals surface area contributed by atoms with E-state index in [2.05, 4.69) is 8.92 Å². The van der Waals surface area contributed by atoms with Gasteiger partial charge in [0.1, 0.15) is 0 Å². The van der Waals surface area contributed by atoms with E-state index in [-0.39, 0.29) is 18.5 Å². The van der Waals surface area contributed by atoms with Crippen LogP contribution in [0.3, 0.4) is 0 Å². The lowest BCUT2D eigenvalue weighted by molar-refractivity contribution is -0.147. The van der Waals surface area contributed by atoms with Crippen LogP contribution in [-0.2, 0) is 23.8 Å². The summed E-state index contributed by atoms with van der Waals surface area (Å²) in [6.07, 6.45) is 2.32. The average molecular weight is 236 g/mol. The van der Waals surface area contributed by atoms with E-state index in [9.17, 15) is 13.2 Å². The maximum atomic E-state index is 11.3. The zero-order valence-electron chi connectivity index (χ0n) is 9.15. The molecule has 0 amide bonds.